The zero-order valence-corrected chi connectivity index (χ0v) is 7.90. The Morgan fingerprint density at radius 1 is 1.38 bits per heavy atom. The van der Waals surface area contributed by atoms with E-state index in [4.69, 9.17) is 0 Å². The second-order valence-corrected chi connectivity index (χ2v) is 3.90. The summed E-state index contributed by atoms with van der Waals surface area (Å²) in [5.41, 5.74) is 2.38. The van der Waals surface area contributed by atoms with Crippen LogP contribution in [0.1, 0.15) is 36.3 Å². The smallest absolute Gasteiger partial charge is 0.0609 e. The summed E-state index contributed by atoms with van der Waals surface area (Å²) in [6.07, 6.45) is 6.77. The van der Waals surface area contributed by atoms with Crippen molar-refractivity contribution in [1.82, 2.24) is 4.98 Å². The Kier molecular flexibility index (Phi) is 2.32. The summed E-state index contributed by atoms with van der Waals surface area (Å²) >= 11 is 0. The minimum Gasteiger partial charge on any atom is -0.392 e. The first-order valence-corrected chi connectivity index (χ1v) is 4.87. The van der Waals surface area contributed by atoms with Gasteiger partial charge in [-0.3, -0.25) is 4.98 Å². The molecule has 0 unspecified atom stereocenters. The Bertz CT molecular complexity index is 298. The lowest BCUT2D eigenvalue weighted by atomic mass is 9.96. The first-order valence-electron chi connectivity index (χ1n) is 4.87. The Balaban J connectivity index is 2.24. The van der Waals surface area contributed by atoms with Gasteiger partial charge in [0.15, 0.2) is 0 Å². The SMILES string of the molecule is Cc1cncc([C@@H]2CCC[C@H]2O)c1. The fraction of sp³-hybridized carbons (Fsp3) is 0.545. The van der Waals surface area contributed by atoms with Crippen molar-refractivity contribution in [2.24, 2.45) is 0 Å². The van der Waals surface area contributed by atoms with Crippen LogP contribution in [0.4, 0.5) is 0 Å². The van der Waals surface area contributed by atoms with Crippen LogP contribution in [0.15, 0.2) is 18.5 Å². The maximum atomic E-state index is 9.71. The van der Waals surface area contributed by atoms with Gasteiger partial charge in [0.05, 0.1) is 6.10 Å². The Morgan fingerprint density at radius 2 is 2.23 bits per heavy atom. The molecule has 1 N–H and O–H groups in total. The van der Waals surface area contributed by atoms with Gasteiger partial charge in [0.2, 0.25) is 0 Å². The number of hydrogen-bond acceptors (Lipinski definition) is 2. The van der Waals surface area contributed by atoms with E-state index in [1.807, 2.05) is 19.3 Å². The lowest BCUT2D eigenvalue weighted by Gasteiger charge is -2.14. The van der Waals surface area contributed by atoms with Crippen LogP contribution in [0.25, 0.3) is 0 Å². The van der Waals surface area contributed by atoms with Gasteiger partial charge >= 0.3 is 0 Å². The molecular weight excluding hydrogens is 162 g/mol. The van der Waals surface area contributed by atoms with Crippen LogP contribution in [-0.2, 0) is 0 Å². The van der Waals surface area contributed by atoms with Crippen molar-refractivity contribution >= 4 is 0 Å². The van der Waals surface area contributed by atoms with Crippen molar-refractivity contribution in [3.05, 3.63) is 29.6 Å². The van der Waals surface area contributed by atoms with Gasteiger partial charge in [0.25, 0.3) is 0 Å². The van der Waals surface area contributed by atoms with Crippen molar-refractivity contribution < 1.29 is 5.11 Å². The summed E-state index contributed by atoms with van der Waals surface area (Å²) in [4.78, 5) is 4.15. The van der Waals surface area contributed by atoms with Crippen molar-refractivity contribution in [2.45, 2.75) is 38.2 Å². The molecule has 70 valence electrons. The van der Waals surface area contributed by atoms with Gasteiger partial charge in [-0.2, -0.15) is 0 Å². The highest BCUT2D eigenvalue weighted by molar-refractivity contribution is 5.22. The zero-order chi connectivity index (χ0) is 9.26. The number of aryl methyl sites for hydroxylation is 1. The predicted molar refractivity (Wildman–Crippen MR) is 51.6 cm³/mol. The quantitative estimate of drug-likeness (QED) is 0.712. The van der Waals surface area contributed by atoms with Gasteiger partial charge in [-0.15, -0.1) is 0 Å². The molecule has 0 aliphatic heterocycles. The summed E-state index contributed by atoms with van der Waals surface area (Å²) < 4.78 is 0. The molecule has 0 aromatic carbocycles. The third kappa shape index (κ3) is 1.73. The first kappa shape index (κ1) is 8.70. The molecular formula is C11H15NO. The molecule has 0 saturated heterocycles. The molecule has 2 rings (SSSR count). The number of pyridine rings is 1. The van der Waals surface area contributed by atoms with Crippen molar-refractivity contribution in [3.8, 4) is 0 Å². The third-order valence-electron chi connectivity index (χ3n) is 2.80. The van der Waals surface area contributed by atoms with Crippen molar-refractivity contribution in [1.29, 1.82) is 0 Å². The molecule has 1 heterocycles. The number of hydrogen-bond donors (Lipinski definition) is 1. The molecule has 0 amide bonds. The molecule has 1 saturated carbocycles. The van der Waals surface area contributed by atoms with Crippen LogP contribution in [0, 0.1) is 6.92 Å². The number of aliphatic hydroxyl groups excluding tert-OH is 1. The summed E-state index contributed by atoms with van der Waals surface area (Å²) in [5, 5.41) is 9.71. The highest BCUT2D eigenvalue weighted by Gasteiger charge is 2.26. The lowest BCUT2D eigenvalue weighted by molar-refractivity contribution is 0.163. The summed E-state index contributed by atoms with van der Waals surface area (Å²) in [6.45, 7) is 2.04. The third-order valence-corrected chi connectivity index (χ3v) is 2.80. The second-order valence-electron chi connectivity index (χ2n) is 3.90. The van der Waals surface area contributed by atoms with Crippen molar-refractivity contribution in [2.75, 3.05) is 0 Å². The van der Waals surface area contributed by atoms with Gasteiger partial charge in [-0.1, -0.05) is 12.5 Å². The Labute approximate surface area is 78.6 Å². The number of nitrogens with zero attached hydrogens (tertiary/aromatic N) is 1. The van der Waals surface area contributed by atoms with Crippen LogP contribution < -0.4 is 0 Å². The molecule has 0 spiro atoms. The summed E-state index contributed by atoms with van der Waals surface area (Å²) in [7, 11) is 0. The van der Waals surface area contributed by atoms with E-state index in [-0.39, 0.29) is 6.10 Å². The molecule has 2 heteroatoms. The van der Waals surface area contributed by atoms with E-state index in [9.17, 15) is 5.11 Å². The van der Waals surface area contributed by atoms with Gasteiger partial charge < -0.3 is 5.11 Å². The monoisotopic (exact) mass is 177 g/mol. The molecule has 1 aliphatic carbocycles. The Morgan fingerprint density at radius 3 is 2.85 bits per heavy atom. The van der Waals surface area contributed by atoms with Crippen LogP contribution in [0.2, 0.25) is 0 Å². The maximum absolute atomic E-state index is 9.71. The van der Waals surface area contributed by atoms with Gasteiger partial charge in [-0.05, 0) is 30.9 Å². The average molecular weight is 177 g/mol. The van der Waals surface area contributed by atoms with E-state index >= 15 is 0 Å². The van der Waals surface area contributed by atoms with E-state index in [1.54, 1.807) is 0 Å². The van der Waals surface area contributed by atoms with Crippen LogP contribution in [0.3, 0.4) is 0 Å². The minimum atomic E-state index is -0.149. The maximum Gasteiger partial charge on any atom is 0.0609 e. The first-order chi connectivity index (χ1) is 6.27. The summed E-state index contributed by atoms with van der Waals surface area (Å²) in [5.74, 6) is 0.326. The lowest BCUT2D eigenvalue weighted by Crippen LogP contribution is -2.11. The molecule has 1 aliphatic rings. The molecule has 1 aromatic heterocycles. The molecule has 13 heavy (non-hydrogen) atoms. The van der Waals surface area contributed by atoms with E-state index in [1.165, 1.54) is 11.1 Å². The van der Waals surface area contributed by atoms with Gasteiger partial charge in [-0.25, -0.2) is 0 Å². The molecule has 0 bridgehead atoms. The standard InChI is InChI=1S/C11H15NO/c1-8-5-9(7-12-6-8)10-3-2-4-11(10)13/h5-7,10-11,13H,2-4H2,1H3/t10-,11+/m0/s1. The summed E-state index contributed by atoms with van der Waals surface area (Å²) in [6, 6.07) is 2.13. The highest BCUT2D eigenvalue weighted by Crippen LogP contribution is 2.34. The van der Waals surface area contributed by atoms with Crippen LogP contribution >= 0.6 is 0 Å². The van der Waals surface area contributed by atoms with E-state index in [2.05, 4.69) is 11.1 Å². The zero-order valence-electron chi connectivity index (χ0n) is 7.90. The molecule has 2 atom stereocenters. The van der Waals surface area contributed by atoms with E-state index in [0.29, 0.717) is 5.92 Å². The van der Waals surface area contributed by atoms with E-state index in [0.717, 1.165) is 19.3 Å². The fourth-order valence-electron chi connectivity index (χ4n) is 2.11. The molecule has 1 fully saturated rings. The van der Waals surface area contributed by atoms with E-state index < -0.39 is 0 Å². The normalized spacial score (nSPS) is 27.8. The second kappa shape index (κ2) is 3.46. The molecule has 0 radical (unpaired) electrons. The number of rotatable bonds is 1. The molecule has 2 nitrogen and oxygen atoms in total. The highest BCUT2D eigenvalue weighted by atomic mass is 16.3. The number of aliphatic hydroxyl groups is 1. The largest absolute Gasteiger partial charge is 0.392 e. The topological polar surface area (TPSA) is 33.1 Å². The minimum absolute atomic E-state index is 0.149. The van der Waals surface area contributed by atoms with Crippen LogP contribution in [-0.4, -0.2) is 16.2 Å². The van der Waals surface area contributed by atoms with Crippen molar-refractivity contribution in [3.63, 3.8) is 0 Å². The van der Waals surface area contributed by atoms with Crippen LogP contribution in [0.5, 0.6) is 0 Å². The van der Waals surface area contributed by atoms with Gasteiger partial charge in [0, 0.05) is 18.3 Å². The number of aromatic nitrogens is 1. The Hall–Kier alpha value is -0.890. The fourth-order valence-corrected chi connectivity index (χ4v) is 2.11. The molecule has 1 aromatic rings. The average Bonchev–Trinajstić information content (AvgIpc) is 2.51. The predicted octanol–water partition coefficient (Wildman–Crippen LogP) is 2.02. The van der Waals surface area contributed by atoms with Gasteiger partial charge in [0.1, 0.15) is 0 Å².